The number of hydrazone groups is 1. The lowest BCUT2D eigenvalue weighted by molar-refractivity contribution is -0.0731. The van der Waals surface area contributed by atoms with Crippen LogP contribution in [0.1, 0.15) is 60.3 Å². The fourth-order valence-corrected chi connectivity index (χ4v) is 3.30. The zero-order valence-corrected chi connectivity index (χ0v) is 16.0. The lowest BCUT2D eigenvalue weighted by Crippen LogP contribution is -2.48. The summed E-state index contributed by atoms with van der Waals surface area (Å²) in [5, 5.41) is 6.84. The highest BCUT2D eigenvalue weighted by molar-refractivity contribution is 5.58. The molecule has 0 aromatic carbocycles. The first-order valence-corrected chi connectivity index (χ1v) is 8.98. The van der Waals surface area contributed by atoms with Crippen LogP contribution in [0.2, 0.25) is 0 Å². The maximum Gasteiger partial charge on any atom is 0.0892 e. The molecule has 1 rings (SSSR count). The molecule has 0 aliphatic carbocycles. The van der Waals surface area contributed by atoms with E-state index in [4.69, 9.17) is 9.47 Å². The Hall–Kier alpha value is -0.870. The number of hydrogen-bond acceptors (Lipinski definition) is 4. The van der Waals surface area contributed by atoms with Gasteiger partial charge in [-0.2, -0.15) is 5.10 Å². The highest BCUT2D eigenvalue weighted by Crippen LogP contribution is 2.34. The van der Waals surface area contributed by atoms with Gasteiger partial charge in [-0.3, -0.25) is 5.01 Å². The van der Waals surface area contributed by atoms with Crippen LogP contribution in [0.4, 0.5) is 0 Å². The van der Waals surface area contributed by atoms with E-state index in [1.165, 1.54) is 6.42 Å². The molecule has 0 aromatic heterocycles. The minimum absolute atomic E-state index is 0.0792. The maximum absolute atomic E-state index is 5.89. The Morgan fingerprint density at radius 2 is 1.87 bits per heavy atom. The molecule has 0 N–H and O–H groups in total. The van der Waals surface area contributed by atoms with Crippen LogP contribution in [-0.4, -0.2) is 49.7 Å². The molecular weight excluding hydrogens is 288 g/mol. The van der Waals surface area contributed by atoms with Gasteiger partial charge in [-0.15, -0.1) is 0 Å². The van der Waals surface area contributed by atoms with Gasteiger partial charge in [0.05, 0.1) is 31.1 Å². The van der Waals surface area contributed by atoms with Gasteiger partial charge in [-0.1, -0.05) is 46.8 Å². The molecule has 134 valence electrons. The second-order valence-corrected chi connectivity index (χ2v) is 7.40. The van der Waals surface area contributed by atoms with Crippen molar-refractivity contribution in [3.63, 3.8) is 0 Å². The van der Waals surface area contributed by atoms with Crippen molar-refractivity contribution < 1.29 is 9.47 Å². The first-order chi connectivity index (χ1) is 10.9. The highest BCUT2D eigenvalue weighted by Gasteiger charge is 2.41. The molecular formula is C19H36N2O2. The fourth-order valence-electron chi connectivity index (χ4n) is 3.30. The molecule has 0 aromatic rings. The Morgan fingerprint density at radius 3 is 2.43 bits per heavy atom. The number of rotatable bonds is 9. The number of hydrogen-bond donors (Lipinski definition) is 0. The Bertz CT molecular complexity index is 373. The quantitative estimate of drug-likeness (QED) is 0.361. The first kappa shape index (κ1) is 20.2. The van der Waals surface area contributed by atoms with Crippen molar-refractivity contribution in [1.29, 1.82) is 0 Å². The van der Waals surface area contributed by atoms with Crippen LogP contribution in [0.15, 0.2) is 17.3 Å². The van der Waals surface area contributed by atoms with Crippen molar-refractivity contribution in [2.24, 2.45) is 10.5 Å². The Morgan fingerprint density at radius 1 is 1.17 bits per heavy atom. The van der Waals surface area contributed by atoms with Gasteiger partial charge in [-0.25, -0.2) is 0 Å². The molecule has 1 fully saturated rings. The zero-order chi connectivity index (χ0) is 17.3. The summed E-state index contributed by atoms with van der Waals surface area (Å²) >= 11 is 0. The number of methoxy groups -OCH3 is 1. The molecule has 1 saturated heterocycles. The van der Waals surface area contributed by atoms with Crippen LogP contribution in [0.25, 0.3) is 0 Å². The Labute approximate surface area is 142 Å². The SMILES string of the molecule is CCC(CC)(OC)[C@@H]1CCCN1/N=C/COC/C=C/C(C)(C)C. The highest BCUT2D eigenvalue weighted by atomic mass is 16.5. The van der Waals surface area contributed by atoms with Gasteiger partial charge in [0.25, 0.3) is 0 Å². The van der Waals surface area contributed by atoms with Crippen molar-refractivity contribution in [2.45, 2.75) is 71.9 Å². The van der Waals surface area contributed by atoms with Gasteiger partial charge in [0.1, 0.15) is 0 Å². The number of nitrogens with zero attached hydrogens (tertiary/aromatic N) is 2. The van der Waals surface area contributed by atoms with Crippen molar-refractivity contribution in [2.75, 3.05) is 26.9 Å². The maximum atomic E-state index is 5.89. The summed E-state index contributed by atoms with van der Waals surface area (Å²) in [4.78, 5) is 0. The number of allylic oxidation sites excluding steroid dienone is 1. The van der Waals surface area contributed by atoms with Crippen LogP contribution in [0.5, 0.6) is 0 Å². The topological polar surface area (TPSA) is 34.1 Å². The predicted molar refractivity (Wildman–Crippen MR) is 98.0 cm³/mol. The molecule has 4 nitrogen and oxygen atoms in total. The molecule has 0 spiro atoms. The van der Waals surface area contributed by atoms with E-state index in [0.717, 1.165) is 25.8 Å². The van der Waals surface area contributed by atoms with Crippen LogP contribution in [-0.2, 0) is 9.47 Å². The Kier molecular flexibility index (Phi) is 8.27. The minimum atomic E-state index is -0.0792. The van der Waals surface area contributed by atoms with Gasteiger partial charge in [0.2, 0.25) is 0 Å². The molecule has 4 heteroatoms. The largest absolute Gasteiger partial charge is 0.376 e. The molecule has 23 heavy (non-hydrogen) atoms. The van der Waals surface area contributed by atoms with Crippen molar-refractivity contribution >= 4 is 6.21 Å². The predicted octanol–water partition coefficient (Wildman–Crippen LogP) is 4.26. The second-order valence-electron chi connectivity index (χ2n) is 7.40. The van der Waals surface area contributed by atoms with E-state index in [1.54, 1.807) is 0 Å². The van der Waals surface area contributed by atoms with E-state index in [1.807, 2.05) is 13.3 Å². The van der Waals surface area contributed by atoms with Crippen molar-refractivity contribution in [1.82, 2.24) is 5.01 Å². The molecule has 0 radical (unpaired) electrons. The third-order valence-electron chi connectivity index (χ3n) is 4.69. The average Bonchev–Trinajstić information content (AvgIpc) is 2.97. The van der Waals surface area contributed by atoms with Crippen molar-refractivity contribution in [3.05, 3.63) is 12.2 Å². The average molecular weight is 325 g/mol. The molecule has 1 aliphatic heterocycles. The van der Waals surface area contributed by atoms with Gasteiger partial charge in [-0.05, 0) is 31.1 Å². The standard InChI is InChI=1S/C19H36N2O2/c1-7-19(8-2,22-6)17-11-9-14-21(17)20-13-16-23-15-10-12-18(3,4)5/h10,12-13,17H,7-9,11,14-16H2,1-6H3/b12-10+,20-13+/t17-/m0/s1. The van der Waals surface area contributed by atoms with E-state index >= 15 is 0 Å². The molecule has 1 heterocycles. The summed E-state index contributed by atoms with van der Waals surface area (Å²) in [7, 11) is 1.83. The monoisotopic (exact) mass is 324 g/mol. The molecule has 1 aliphatic rings. The second kappa shape index (κ2) is 9.43. The third-order valence-corrected chi connectivity index (χ3v) is 4.69. The smallest absolute Gasteiger partial charge is 0.0892 e. The summed E-state index contributed by atoms with van der Waals surface area (Å²) in [6.07, 6.45) is 10.5. The van der Waals surface area contributed by atoms with Crippen molar-refractivity contribution in [3.8, 4) is 0 Å². The summed E-state index contributed by atoms with van der Waals surface area (Å²) in [5.41, 5.74) is 0.133. The van der Waals surface area contributed by atoms with Crippen LogP contribution >= 0.6 is 0 Å². The summed E-state index contributed by atoms with van der Waals surface area (Å²) < 4.78 is 11.5. The lowest BCUT2D eigenvalue weighted by Gasteiger charge is -2.39. The normalized spacial score (nSPS) is 20.3. The van der Waals surface area contributed by atoms with E-state index in [2.05, 4.69) is 56.9 Å². The van der Waals surface area contributed by atoms with Gasteiger partial charge in [0.15, 0.2) is 0 Å². The number of ether oxygens (including phenoxy) is 2. The van der Waals surface area contributed by atoms with Crippen LogP contribution in [0, 0.1) is 5.41 Å². The summed E-state index contributed by atoms with van der Waals surface area (Å²) in [6.45, 7) is 13.2. The zero-order valence-electron chi connectivity index (χ0n) is 16.0. The fraction of sp³-hybridized carbons (Fsp3) is 0.842. The molecule has 0 amide bonds. The molecule has 1 atom stereocenters. The lowest BCUT2D eigenvalue weighted by atomic mass is 9.87. The first-order valence-electron chi connectivity index (χ1n) is 8.98. The van der Waals surface area contributed by atoms with Crippen LogP contribution in [0.3, 0.4) is 0 Å². The molecule has 0 saturated carbocycles. The molecule has 0 bridgehead atoms. The van der Waals surface area contributed by atoms with E-state index in [9.17, 15) is 0 Å². The summed E-state index contributed by atoms with van der Waals surface area (Å²) in [6, 6.07) is 0.375. The van der Waals surface area contributed by atoms with E-state index in [-0.39, 0.29) is 11.0 Å². The third kappa shape index (κ3) is 6.27. The van der Waals surface area contributed by atoms with Gasteiger partial charge >= 0.3 is 0 Å². The summed E-state index contributed by atoms with van der Waals surface area (Å²) in [5.74, 6) is 0. The molecule has 0 unspecified atom stereocenters. The Balaban J connectivity index is 2.45. The van der Waals surface area contributed by atoms with Gasteiger partial charge < -0.3 is 9.47 Å². The van der Waals surface area contributed by atoms with Gasteiger partial charge in [0, 0.05) is 13.7 Å². The van der Waals surface area contributed by atoms with E-state index < -0.39 is 0 Å². The minimum Gasteiger partial charge on any atom is -0.376 e. The van der Waals surface area contributed by atoms with Crippen LogP contribution < -0.4 is 0 Å². The van der Waals surface area contributed by atoms with E-state index in [0.29, 0.717) is 19.3 Å².